The predicted molar refractivity (Wildman–Crippen MR) is 59.0 cm³/mol. The molecular weight excluding hydrogens is 232 g/mol. The number of aromatic nitrogens is 1. The Morgan fingerprint density at radius 3 is 2.56 bits per heavy atom. The molecule has 6 nitrogen and oxygen atoms in total. The number of imide groups is 1. The number of nitrogens with one attached hydrogen (secondary N) is 1. The van der Waals surface area contributed by atoms with Crippen molar-refractivity contribution in [2.45, 2.75) is 0 Å². The van der Waals surface area contributed by atoms with E-state index in [9.17, 15) is 9.59 Å². The second kappa shape index (κ2) is 3.97. The molecule has 1 aromatic heterocycles. The maximum absolute atomic E-state index is 11.2. The van der Waals surface area contributed by atoms with Crippen LogP contribution in [0, 0.1) is 0 Å². The lowest BCUT2D eigenvalue weighted by Crippen LogP contribution is -2.51. The quantitative estimate of drug-likeness (QED) is 0.663. The van der Waals surface area contributed by atoms with E-state index in [0.29, 0.717) is 16.5 Å². The molecule has 1 aliphatic rings. The molecule has 2 heterocycles. The highest BCUT2D eigenvalue weighted by atomic mass is 35.5. The molecule has 2 amide bonds. The normalized spacial score (nSPS) is 16.2. The van der Waals surface area contributed by atoms with Gasteiger partial charge in [0.15, 0.2) is 0 Å². The molecule has 0 aliphatic carbocycles. The average Bonchev–Trinajstić information content (AvgIpc) is 2.15. The molecule has 0 atom stereocenters. The van der Waals surface area contributed by atoms with E-state index in [4.69, 9.17) is 17.3 Å². The Morgan fingerprint density at radius 1 is 1.38 bits per heavy atom. The van der Waals surface area contributed by atoms with E-state index in [2.05, 4.69) is 10.3 Å². The Hall–Kier alpha value is -1.82. The smallest absolute Gasteiger partial charge is 0.246 e. The molecule has 84 valence electrons. The van der Waals surface area contributed by atoms with Crippen molar-refractivity contribution in [1.29, 1.82) is 0 Å². The fourth-order valence-electron chi connectivity index (χ4n) is 1.47. The maximum Gasteiger partial charge on any atom is 0.246 e. The number of hydrogen-bond acceptors (Lipinski definition) is 5. The van der Waals surface area contributed by atoms with E-state index in [1.807, 2.05) is 0 Å². The van der Waals surface area contributed by atoms with Crippen LogP contribution in [0.5, 0.6) is 0 Å². The Labute approximate surface area is 96.4 Å². The number of hydrogen-bond donors (Lipinski definition) is 2. The minimum Gasteiger partial charge on any atom is -0.397 e. The third kappa shape index (κ3) is 2.06. The van der Waals surface area contributed by atoms with Gasteiger partial charge >= 0.3 is 0 Å². The number of nitrogen functional groups attached to an aromatic ring is 1. The summed E-state index contributed by atoms with van der Waals surface area (Å²) in [6, 6.07) is 1.53. The first-order chi connectivity index (χ1) is 7.56. The van der Waals surface area contributed by atoms with Crippen LogP contribution in [0.2, 0.25) is 5.02 Å². The van der Waals surface area contributed by atoms with Crippen LogP contribution in [-0.4, -0.2) is 29.9 Å². The zero-order valence-corrected chi connectivity index (χ0v) is 8.99. The number of carbonyl (C=O) groups excluding carboxylic acids is 2. The lowest BCUT2D eigenvalue weighted by molar-refractivity contribution is -0.130. The number of carbonyl (C=O) groups is 2. The van der Waals surface area contributed by atoms with E-state index in [0.717, 1.165) is 0 Å². The minimum absolute atomic E-state index is 0.0579. The summed E-state index contributed by atoms with van der Waals surface area (Å²) in [4.78, 5) is 27.8. The molecule has 1 aliphatic heterocycles. The molecule has 0 radical (unpaired) electrons. The number of rotatable bonds is 1. The van der Waals surface area contributed by atoms with Crippen molar-refractivity contribution in [3.05, 3.63) is 17.3 Å². The molecule has 2 rings (SSSR count). The molecule has 7 heteroatoms. The summed E-state index contributed by atoms with van der Waals surface area (Å²) in [5.74, 6) is -0.351. The maximum atomic E-state index is 11.2. The fraction of sp³-hybridized carbons (Fsp3) is 0.222. The van der Waals surface area contributed by atoms with Crippen molar-refractivity contribution in [3.8, 4) is 0 Å². The van der Waals surface area contributed by atoms with Crippen LogP contribution < -0.4 is 16.0 Å². The number of halogens is 1. The molecule has 3 N–H and O–H groups in total. The molecule has 1 saturated heterocycles. The van der Waals surface area contributed by atoms with Gasteiger partial charge in [-0.3, -0.25) is 14.9 Å². The van der Waals surface area contributed by atoms with Crippen LogP contribution >= 0.6 is 11.6 Å². The number of anilines is 2. The van der Waals surface area contributed by atoms with Gasteiger partial charge < -0.3 is 10.6 Å². The highest BCUT2D eigenvalue weighted by Gasteiger charge is 2.24. The van der Waals surface area contributed by atoms with Gasteiger partial charge in [0.1, 0.15) is 5.82 Å². The number of nitrogens with two attached hydrogens (primary N) is 1. The lowest BCUT2D eigenvalue weighted by Gasteiger charge is -2.26. The second-order valence-corrected chi connectivity index (χ2v) is 3.81. The topological polar surface area (TPSA) is 88.3 Å². The fourth-order valence-corrected chi connectivity index (χ4v) is 1.76. The van der Waals surface area contributed by atoms with Gasteiger partial charge in [0, 0.05) is 0 Å². The van der Waals surface area contributed by atoms with Crippen molar-refractivity contribution in [1.82, 2.24) is 10.3 Å². The summed E-state index contributed by atoms with van der Waals surface area (Å²) < 4.78 is 0. The molecule has 0 bridgehead atoms. The molecule has 1 fully saturated rings. The van der Waals surface area contributed by atoms with E-state index in [1.165, 1.54) is 17.2 Å². The lowest BCUT2D eigenvalue weighted by atomic mass is 10.3. The Balaban J connectivity index is 2.29. The largest absolute Gasteiger partial charge is 0.397 e. The first-order valence-electron chi connectivity index (χ1n) is 4.55. The van der Waals surface area contributed by atoms with Crippen molar-refractivity contribution in [2.24, 2.45) is 0 Å². The van der Waals surface area contributed by atoms with Crippen molar-refractivity contribution in [3.63, 3.8) is 0 Å². The van der Waals surface area contributed by atoms with Gasteiger partial charge in [0.25, 0.3) is 0 Å². The van der Waals surface area contributed by atoms with Gasteiger partial charge in [-0.2, -0.15) is 0 Å². The predicted octanol–water partition coefficient (Wildman–Crippen LogP) is -0.220. The van der Waals surface area contributed by atoms with Crippen LogP contribution in [0.25, 0.3) is 0 Å². The molecule has 16 heavy (non-hydrogen) atoms. The Kier molecular flexibility index (Phi) is 2.66. The first-order valence-corrected chi connectivity index (χ1v) is 4.92. The first kappa shape index (κ1) is 10.7. The monoisotopic (exact) mass is 240 g/mol. The molecule has 1 aromatic rings. The summed E-state index contributed by atoms with van der Waals surface area (Å²) in [5.41, 5.74) is 5.93. The van der Waals surface area contributed by atoms with Crippen LogP contribution in [0.3, 0.4) is 0 Å². The third-order valence-corrected chi connectivity index (χ3v) is 2.37. The van der Waals surface area contributed by atoms with Crippen molar-refractivity contribution in [2.75, 3.05) is 23.7 Å². The molecule has 0 aromatic carbocycles. The van der Waals surface area contributed by atoms with Gasteiger partial charge in [0.2, 0.25) is 11.8 Å². The van der Waals surface area contributed by atoms with Gasteiger partial charge in [-0.05, 0) is 6.07 Å². The Bertz CT molecular complexity index is 447. The average molecular weight is 241 g/mol. The van der Waals surface area contributed by atoms with Crippen LogP contribution in [-0.2, 0) is 9.59 Å². The minimum atomic E-state index is -0.369. The highest BCUT2D eigenvalue weighted by molar-refractivity contribution is 6.33. The molecular formula is C9H9ClN4O2. The second-order valence-electron chi connectivity index (χ2n) is 3.40. The van der Waals surface area contributed by atoms with E-state index in [-0.39, 0.29) is 24.9 Å². The van der Waals surface area contributed by atoms with Gasteiger partial charge in [-0.1, -0.05) is 11.6 Å². The summed E-state index contributed by atoms with van der Waals surface area (Å²) in [7, 11) is 0. The van der Waals surface area contributed by atoms with Gasteiger partial charge in [-0.15, -0.1) is 0 Å². The third-order valence-electron chi connectivity index (χ3n) is 2.09. The van der Waals surface area contributed by atoms with Gasteiger partial charge in [-0.25, -0.2) is 4.98 Å². The van der Waals surface area contributed by atoms with Crippen LogP contribution in [0.4, 0.5) is 11.5 Å². The molecule has 0 saturated carbocycles. The number of piperazine rings is 1. The highest BCUT2D eigenvalue weighted by Crippen LogP contribution is 2.25. The van der Waals surface area contributed by atoms with Crippen LogP contribution in [0.15, 0.2) is 12.3 Å². The number of amides is 2. The number of nitrogens with zero attached hydrogens (tertiary/aromatic N) is 2. The standard InChI is InChI=1S/C9H9ClN4O2/c10-6-1-5(11)2-12-9(6)14-3-7(15)13-8(16)4-14/h1-2H,3-4,11H2,(H,13,15,16). The number of pyridine rings is 1. The summed E-state index contributed by atoms with van der Waals surface area (Å²) in [5, 5.41) is 2.52. The molecule has 0 spiro atoms. The van der Waals surface area contributed by atoms with Crippen molar-refractivity contribution >= 4 is 34.9 Å². The van der Waals surface area contributed by atoms with Gasteiger partial charge in [0.05, 0.1) is 30.0 Å². The SMILES string of the molecule is Nc1cnc(N2CC(=O)NC(=O)C2)c(Cl)c1. The summed E-state index contributed by atoms with van der Waals surface area (Å²) >= 11 is 5.93. The zero-order chi connectivity index (χ0) is 11.7. The van der Waals surface area contributed by atoms with E-state index < -0.39 is 0 Å². The summed E-state index contributed by atoms with van der Waals surface area (Å²) in [6.07, 6.45) is 1.43. The van der Waals surface area contributed by atoms with E-state index in [1.54, 1.807) is 0 Å². The Morgan fingerprint density at radius 2 is 2.00 bits per heavy atom. The van der Waals surface area contributed by atoms with Crippen LogP contribution in [0.1, 0.15) is 0 Å². The molecule has 0 unspecified atom stereocenters. The van der Waals surface area contributed by atoms with Crippen molar-refractivity contribution < 1.29 is 9.59 Å². The van der Waals surface area contributed by atoms with E-state index >= 15 is 0 Å². The summed E-state index contributed by atoms with van der Waals surface area (Å²) in [6.45, 7) is 0.116. The zero-order valence-electron chi connectivity index (χ0n) is 8.24.